The number of rotatable bonds is 38. The molecule has 0 bridgehead atoms. The maximum absolute atomic E-state index is 12.6. The second kappa shape index (κ2) is 37.7. The van der Waals surface area contributed by atoms with Crippen molar-refractivity contribution in [3.8, 4) is 0 Å². The fourth-order valence-electron chi connectivity index (χ4n) is 6.27. The third kappa shape index (κ3) is 37.5. The van der Waals surface area contributed by atoms with Crippen molar-refractivity contribution in [1.82, 2.24) is 0 Å². The summed E-state index contributed by atoms with van der Waals surface area (Å²) in [4.78, 5) is 37.5. The normalized spacial score (nSPS) is 11.9. The first kappa shape index (κ1) is 47.4. The van der Waals surface area contributed by atoms with Gasteiger partial charge in [-0.1, -0.05) is 195 Å². The van der Waals surface area contributed by atoms with Gasteiger partial charge in [0.05, 0.1) is 0 Å². The Kier molecular flexibility index (Phi) is 36.4. The maximum atomic E-state index is 12.6. The van der Waals surface area contributed by atoms with Gasteiger partial charge in [-0.25, -0.2) is 0 Å². The van der Waals surface area contributed by atoms with Gasteiger partial charge in [-0.3, -0.25) is 14.4 Å². The molecule has 49 heavy (non-hydrogen) atoms. The van der Waals surface area contributed by atoms with Crippen LogP contribution in [0.3, 0.4) is 0 Å². The van der Waals surface area contributed by atoms with Gasteiger partial charge in [0.2, 0.25) is 0 Å². The molecule has 0 saturated heterocycles. The molecule has 0 aromatic heterocycles. The molecule has 0 radical (unpaired) electrons. The molecule has 0 fully saturated rings. The summed E-state index contributed by atoms with van der Waals surface area (Å²) in [5.74, 6) is -0.105. The van der Waals surface area contributed by atoms with Gasteiger partial charge in [0, 0.05) is 19.3 Å². The number of carbonyl (C=O) groups is 3. The lowest BCUT2D eigenvalue weighted by Gasteiger charge is -2.18. The van der Waals surface area contributed by atoms with Crippen LogP contribution in [-0.4, -0.2) is 37.2 Å². The van der Waals surface area contributed by atoms with Crippen LogP contribution in [0.2, 0.25) is 0 Å². The third-order valence-corrected chi connectivity index (χ3v) is 9.54. The van der Waals surface area contributed by atoms with Crippen LogP contribution < -0.4 is 0 Å². The molecule has 0 aliphatic heterocycles. The van der Waals surface area contributed by atoms with E-state index in [1.807, 2.05) is 0 Å². The Morgan fingerprint density at radius 3 is 1.00 bits per heavy atom. The van der Waals surface area contributed by atoms with E-state index in [0.717, 1.165) is 63.7 Å². The number of hydrogen-bond donors (Lipinski definition) is 0. The van der Waals surface area contributed by atoms with Crippen LogP contribution in [-0.2, 0) is 28.6 Å². The van der Waals surface area contributed by atoms with Crippen LogP contribution in [0.15, 0.2) is 0 Å². The van der Waals surface area contributed by atoms with Crippen LogP contribution in [0, 0.1) is 5.92 Å². The van der Waals surface area contributed by atoms with E-state index in [9.17, 15) is 14.4 Å². The first-order valence-corrected chi connectivity index (χ1v) is 21.4. The maximum Gasteiger partial charge on any atom is 0.306 e. The second-order valence-electron chi connectivity index (χ2n) is 15.1. The Balaban J connectivity index is 4.32. The fraction of sp³-hybridized carbons (Fsp3) is 0.930. The zero-order chi connectivity index (χ0) is 36.0. The lowest BCUT2D eigenvalue weighted by Crippen LogP contribution is -2.30. The second-order valence-corrected chi connectivity index (χ2v) is 15.1. The van der Waals surface area contributed by atoms with Crippen molar-refractivity contribution >= 4 is 17.9 Å². The SMILES string of the molecule is CCCCCCCCCCCCCCC(=O)OC[C@@H](COC(=O)CCCCCCCCCCCC)OC(=O)CCCCCCCCC(C)C. The Bertz CT molecular complexity index is 736. The summed E-state index contributed by atoms with van der Waals surface area (Å²) >= 11 is 0. The highest BCUT2D eigenvalue weighted by Crippen LogP contribution is 2.15. The zero-order valence-electron chi connectivity index (χ0n) is 33.1. The molecule has 0 N–H and O–H groups in total. The number of ether oxygens (including phenoxy) is 3. The summed E-state index contributed by atoms with van der Waals surface area (Å²) in [6, 6.07) is 0. The van der Waals surface area contributed by atoms with Crippen molar-refractivity contribution in [1.29, 1.82) is 0 Å². The van der Waals surface area contributed by atoms with Crippen LogP contribution >= 0.6 is 0 Å². The summed E-state index contributed by atoms with van der Waals surface area (Å²) in [7, 11) is 0. The molecule has 0 heterocycles. The molecule has 0 unspecified atom stereocenters. The largest absolute Gasteiger partial charge is 0.462 e. The molecule has 0 aromatic carbocycles. The molecule has 0 aliphatic carbocycles. The van der Waals surface area contributed by atoms with Gasteiger partial charge in [0.15, 0.2) is 6.10 Å². The van der Waals surface area contributed by atoms with Gasteiger partial charge in [-0.2, -0.15) is 0 Å². The predicted octanol–water partition coefficient (Wildman–Crippen LogP) is 13.2. The standard InChI is InChI=1S/C43H82O6/c1-5-7-9-11-13-15-17-18-20-22-27-31-35-42(45)48-38-40(49-43(46)36-32-28-24-23-25-29-33-39(3)4)37-47-41(44)34-30-26-21-19-16-14-12-10-8-6-2/h39-40H,5-38H2,1-4H3/t40-/m1/s1. The first-order chi connectivity index (χ1) is 23.9. The molecular formula is C43H82O6. The number of carbonyl (C=O) groups excluding carboxylic acids is 3. The highest BCUT2D eigenvalue weighted by molar-refractivity contribution is 5.71. The Hall–Kier alpha value is -1.59. The van der Waals surface area contributed by atoms with Crippen molar-refractivity contribution in [3.63, 3.8) is 0 Å². The molecule has 6 heteroatoms. The van der Waals surface area contributed by atoms with Crippen molar-refractivity contribution in [3.05, 3.63) is 0 Å². The lowest BCUT2D eigenvalue weighted by atomic mass is 10.0. The van der Waals surface area contributed by atoms with Gasteiger partial charge in [0.1, 0.15) is 13.2 Å². The molecule has 0 aromatic rings. The fourth-order valence-corrected chi connectivity index (χ4v) is 6.27. The minimum Gasteiger partial charge on any atom is -0.462 e. The van der Waals surface area contributed by atoms with Gasteiger partial charge in [-0.15, -0.1) is 0 Å². The highest BCUT2D eigenvalue weighted by atomic mass is 16.6. The summed E-state index contributed by atoms with van der Waals surface area (Å²) in [5, 5.41) is 0. The predicted molar refractivity (Wildman–Crippen MR) is 206 cm³/mol. The van der Waals surface area contributed by atoms with E-state index in [-0.39, 0.29) is 31.1 Å². The summed E-state index contributed by atoms with van der Waals surface area (Å²) in [6.07, 6.45) is 35.2. The van der Waals surface area contributed by atoms with Crippen molar-refractivity contribution < 1.29 is 28.6 Å². The lowest BCUT2D eigenvalue weighted by molar-refractivity contribution is -0.167. The quantitative estimate of drug-likeness (QED) is 0.0364. The van der Waals surface area contributed by atoms with E-state index in [2.05, 4.69) is 27.7 Å². The number of esters is 3. The van der Waals surface area contributed by atoms with Gasteiger partial charge in [0.25, 0.3) is 0 Å². The molecule has 0 saturated carbocycles. The average molecular weight is 695 g/mol. The monoisotopic (exact) mass is 695 g/mol. The summed E-state index contributed by atoms with van der Waals surface area (Å²) < 4.78 is 16.6. The van der Waals surface area contributed by atoms with E-state index >= 15 is 0 Å². The molecule has 0 amide bonds. The van der Waals surface area contributed by atoms with E-state index in [0.29, 0.717) is 19.3 Å². The topological polar surface area (TPSA) is 78.9 Å². The molecule has 1 atom stereocenters. The molecular weight excluding hydrogens is 612 g/mol. The van der Waals surface area contributed by atoms with E-state index in [1.54, 1.807) is 0 Å². The third-order valence-electron chi connectivity index (χ3n) is 9.54. The number of hydrogen-bond acceptors (Lipinski definition) is 6. The number of unbranched alkanes of at least 4 members (excludes halogenated alkanes) is 25. The van der Waals surface area contributed by atoms with E-state index in [4.69, 9.17) is 14.2 Å². The smallest absolute Gasteiger partial charge is 0.306 e. The van der Waals surface area contributed by atoms with Gasteiger partial charge in [-0.05, 0) is 25.2 Å². The van der Waals surface area contributed by atoms with Gasteiger partial charge >= 0.3 is 17.9 Å². The van der Waals surface area contributed by atoms with E-state index < -0.39 is 6.10 Å². The van der Waals surface area contributed by atoms with E-state index in [1.165, 1.54) is 128 Å². The molecule has 0 spiro atoms. The average Bonchev–Trinajstić information content (AvgIpc) is 3.08. The summed E-state index contributed by atoms with van der Waals surface area (Å²) in [6.45, 7) is 8.90. The van der Waals surface area contributed by atoms with Crippen LogP contribution in [0.25, 0.3) is 0 Å². The van der Waals surface area contributed by atoms with Crippen molar-refractivity contribution in [2.45, 2.75) is 239 Å². The minimum atomic E-state index is -0.758. The summed E-state index contributed by atoms with van der Waals surface area (Å²) in [5.41, 5.74) is 0. The van der Waals surface area contributed by atoms with Crippen LogP contribution in [0.4, 0.5) is 0 Å². The van der Waals surface area contributed by atoms with Crippen molar-refractivity contribution in [2.24, 2.45) is 5.92 Å². The molecule has 0 rings (SSSR count). The Labute approximate surface area is 304 Å². The van der Waals surface area contributed by atoms with Crippen LogP contribution in [0.5, 0.6) is 0 Å². The minimum absolute atomic E-state index is 0.0653. The first-order valence-electron chi connectivity index (χ1n) is 21.4. The Morgan fingerprint density at radius 1 is 0.388 bits per heavy atom. The zero-order valence-corrected chi connectivity index (χ0v) is 33.1. The molecule has 6 nitrogen and oxygen atoms in total. The van der Waals surface area contributed by atoms with Gasteiger partial charge < -0.3 is 14.2 Å². The molecule has 290 valence electrons. The molecule has 0 aliphatic rings. The van der Waals surface area contributed by atoms with Crippen molar-refractivity contribution in [2.75, 3.05) is 13.2 Å². The highest BCUT2D eigenvalue weighted by Gasteiger charge is 2.19. The Morgan fingerprint density at radius 2 is 0.673 bits per heavy atom. The van der Waals surface area contributed by atoms with Crippen LogP contribution in [0.1, 0.15) is 233 Å².